The molecule has 0 radical (unpaired) electrons. The number of fused-ring (bicyclic) bond motifs is 1. The molecular weight excluding hydrogens is 328 g/mol. The number of nitrogens with zero attached hydrogens (tertiary/aromatic N) is 3. The normalized spacial score (nSPS) is 12.7. The van der Waals surface area contributed by atoms with Crippen molar-refractivity contribution in [2.24, 2.45) is 0 Å². The lowest BCUT2D eigenvalue weighted by molar-refractivity contribution is 0.570. The van der Waals surface area contributed by atoms with E-state index in [0.717, 1.165) is 27.9 Å². The summed E-state index contributed by atoms with van der Waals surface area (Å²) in [5.74, 6) is 0. The van der Waals surface area contributed by atoms with Crippen LogP contribution in [0.5, 0.6) is 0 Å². The highest BCUT2D eigenvalue weighted by Gasteiger charge is 2.08. The maximum atomic E-state index is 4.42. The van der Waals surface area contributed by atoms with E-state index in [2.05, 4.69) is 56.5 Å². The van der Waals surface area contributed by atoms with Crippen molar-refractivity contribution in [1.82, 2.24) is 19.9 Å². The largest absolute Gasteiger partial charge is 0.306 e. The van der Waals surface area contributed by atoms with Crippen LogP contribution in [0.4, 0.5) is 0 Å². The molecule has 1 atom stereocenters. The SMILES string of the molecule is Cc1cc2ncc(CN[C@@H](C)c3ccccc3Br)cn2n1. The molecule has 5 heteroatoms. The summed E-state index contributed by atoms with van der Waals surface area (Å²) in [5.41, 5.74) is 4.23. The highest BCUT2D eigenvalue weighted by atomic mass is 79.9. The minimum Gasteiger partial charge on any atom is -0.306 e. The van der Waals surface area contributed by atoms with Gasteiger partial charge in [-0.25, -0.2) is 9.50 Å². The summed E-state index contributed by atoms with van der Waals surface area (Å²) < 4.78 is 2.96. The van der Waals surface area contributed by atoms with Crippen LogP contribution in [-0.4, -0.2) is 14.6 Å². The van der Waals surface area contributed by atoms with E-state index in [-0.39, 0.29) is 6.04 Å². The predicted octanol–water partition coefficient (Wildman–Crippen LogP) is 3.65. The van der Waals surface area contributed by atoms with Gasteiger partial charge in [-0.15, -0.1) is 0 Å². The third-order valence-electron chi connectivity index (χ3n) is 3.47. The number of hydrogen-bond donors (Lipinski definition) is 1. The third kappa shape index (κ3) is 3.14. The van der Waals surface area contributed by atoms with E-state index >= 15 is 0 Å². The van der Waals surface area contributed by atoms with Crippen LogP contribution in [0.2, 0.25) is 0 Å². The first kappa shape index (κ1) is 14.2. The zero-order valence-corrected chi connectivity index (χ0v) is 13.6. The predicted molar refractivity (Wildman–Crippen MR) is 87.1 cm³/mol. The van der Waals surface area contributed by atoms with Crippen LogP contribution in [0.3, 0.4) is 0 Å². The first-order valence-electron chi connectivity index (χ1n) is 6.92. The van der Waals surface area contributed by atoms with Crippen molar-refractivity contribution in [3.8, 4) is 0 Å². The van der Waals surface area contributed by atoms with Gasteiger partial charge < -0.3 is 5.32 Å². The van der Waals surface area contributed by atoms with E-state index in [1.54, 1.807) is 0 Å². The van der Waals surface area contributed by atoms with Gasteiger partial charge in [0.15, 0.2) is 5.65 Å². The van der Waals surface area contributed by atoms with Gasteiger partial charge in [0, 0.05) is 41.1 Å². The summed E-state index contributed by atoms with van der Waals surface area (Å²) in [4.78, 5) is 4.42. The van der Waals surface area contributed by atoms with Gasteiger partial charge in [0.1, 0.15) is 0 Å². The van der Waals surface area contributed by atoms with Crippen molar-refractivity contribution >= 4 is 21.6 Å². The summed E-state index contributed by atoms with van der Waals surface area (Å²) in [5, 5.41) is 7.91. The molecule has 1 aromatic carbocycles. The Kier molecular flexibility index (Phi) is 4.03. The lowest BCUT2D eigenvalue weighted by Gasteiger charge is -2.15. The lowest BCUT2D eigenvalue weighted by atomic mass is 10.1. The molecule has 0 aliphatic carbocycles. The third-order valence-corrected chi connectivity index (χ3v) is 4.20. The van der Waals surface area contributed by atoms with Crippen molar-refractivity contribution in [1.29, 1.82) is 0 Å². The molecule has 3 aromatic rings. The van der Waals surface area contributed by atoms with E-state index in [9.17, 15) is 0 Å². The molecule has 0 saturated heterocycles. The van der Waals surface area contributed by atoms with Gasteiger partial charge >= 0.3 is 0 Å². The number of hydrogen-bond acceptors (Lipinski definition) is 3. The second-order valence-electron chi connectivity index (χ2n) is 5.17. The van der Waals surface area contributed by atoms with Gasteiger partial charge in [-0.2, -0.15) is 5.10 Å². The number of halogens is 1. The minimum atomic E-state index is 0.260. The zero-order valence-electron chi connectivity index (χ0n) is 12.0. The Morgan fingerprint density at radius 1 is 1.33 bits per heavy atom. The average molecular weight is 345 g/mol. The quantitative estimate of drug-likeness (QED) is 0.785. The topological polar surface area (TPSA) is 42.2 Å². The van der Waals surface area contributed by atoms with Gasteiger partial charge in [0.2, 0.25) is 0 Å². The molecule has 0 aliphatic heterocycles. The smallest absolute Gasteiger partial charge is 0.155 e. The van der Waals surface area contributed by atoms with E-state index in [0.29, 0.717) is 0 Å². The van der Waals surface area contributed by atoms with E-state index in [1.165, 1.54) is 5.56 Å². The molecule has 2 aromatic heterocycles. The zero-order chi connectivity index (χ0) is 14.8. The van der Waals surface area contributed by atoms with Gasteiger partial charge in [-0.3, -0.25) is 0 Å². The molecular formula is C16H17BrN4. The van der Waals surface area contributed by atoms with Gasteiger partial charge in [-0.1, -0.05) is 34.1 Å². The molecule has 0 spiro atoms. The first-order valence-corrected chi connectivity index (χ1v) is 7.71. The second-order valence-corrected chi connectivity index (χ2v) is 6.03. The van der Waals surface area contributed by atoms with Crippen LogP contribution in [0, 0.1) is 6.92 Å². The Labute approximate surface area is 132 Å². The Hall–Kier alpha value is -1.72. The number of aryl methyl sites for hydroxylation is 1. The Morgan fingerprint density at radius 3 is 2.95 bits per heavy atom. The summed E-state index contributed by atoms with van der Waals surface area (Å²) in [6.07, 6.45) is 3.92. The van der Waals surface area contributed by atoms with E-state index in [1.807, 2.05) is 36.0 Å². The standard InChI is InChI=1S/C16H17BrN4/c1-11-7-16-19-9-13(10-21(16)20-11)8-18-12(2)14-5-3-4-6-15(14)17/h3-7,9-10,12,18H,8H2,1-2H3/t12-/m0/s1. The molecule has 4 nitrogen and oxygen atoms in total. The van der Waals surface area contributed by atoms with Crippen molar-refractivity contribution in [2.75, 3.05) is 0 Å². The van der Waals surface area contributed by atoms with Gasteiger partial charge in [-0.05, 0) is 25.5 Å². The number of rotatable bonds is 4. The Balaban J connectivity index is 1.72. The van der Waals surface area contributed by atoms with Crippen LogP contribution in [0.1, 0.15) is 29.8 Å². The fourth-order valence-corrected chi connectivity index (χ4v) is 2.96. The fourth-order valence-electron chi connectivity index (χ4n) is 2.33. The fraction of sp³-hybridized carbons (Fsp3) is 0.250. The highest BCUT2D eigenvalue weighted by molar-refractivity contribution is 9.10. The molecule has 0 unspecified atom stereocenters. The monoisotopic (exact) mass is 344 g/mol. The summed E-state index contributed by atoms with van der Waals surface area (Å²) >= 11 is 3.59. The maximum absolute atomic E-state index is 4.42. The molecule has 0 aliphatic rings. The van der Waals surface area contributed by atoms with Crippen molar-refractivity contribution in [3.63, 3.8) is 0 Å². The van der Waals surface area contributed by atoms with Crippen LogP contribution >= 0.6 is 15.9 Å². The van der Waals surface area contributed by atoms with Gasteiger partial charge in [0.25, 0.3) is 0 Å². The van der Waals surface area contributed by atoms with Crippen molar-refractivity contribution < 1.29 is 0 Å². The summed E-state index contributed by atoms with van der Waals surface area (Å²) in [6, 6.07) is 10.5. The van der Waals surface area contributed by atoms with Gasteiger partial charge in [0.05, 0.1) is 5.69 Å². The lowest BCUT2D eigenvalue weighted by Crippen LogP contribution is -2.18. The van der Waals surface area contributed by atoms with E-state index < -0.39 is 0 Å². The van der Waals surface area contributed by atoms with Crippen LogP contribution in [-0.2, 0) is 6.54 Å². The van der Waals surface area contributed by atoms with Crippen molar-refractivity contribution in [3.05, 3.63) is 64.0 Å². The first-order chi connectivity index (χ1) is 10.1. The Morgan fingerprint density at radius 2 is 2.14 bits per heavy atom. The molecule has 0 bridgehead atoms. The average Bonchev–Trinajstić information content (AvgIpc) is 2.84. The molecule has 0 fully saturated rings. The van der Waals surface area contributed by atoms with Crippen LogP contribution in [0.25, 0.3) is 5.65 Å². The molecule has 2 heterocycles. The van der Waals surface area contributed by atoms with Crippen LogP contribution in [0.15, 0.2) is 47.2 Å². The maximum Gasteiger partial charge on any atom is 0.155 e. The highest BCUT2D eigenvalue weighted by Crippen LogP contribution is 2.22. The molecule has 3 rings (SSSR count). The molecule has 21 heavy (non-hydrogen) atoms. The number of benzene rings is 1. The molecule has 108 valence electrons. The number of aromatic nitrogens is 3. The van der Waals surface area contributed by atoms with E-state index in [4.69, 9.17) is 0 Å². The minimum absolute atomic E-state index is 0.260. The van der Waals surface area contributed by atoms with Crippen LogP contribution < -0.4 is 5.32 Å². The summed E-state index contributed by atoms with van der Waals surface area (Å²) in [7, 11) is 0. The number of nitrogens with one attached hydrogen (secondary N) is 1. The summed E-state index contributed by atoms with van der Waals surface area (Å²) in [6.45, 7) is 4.88. The Bertz CT molecular complexity index is 766. The van der Waals surface area contributed by atoms with Crippen molar-refractivity contribution in [2.45, 2.75) is 26.4 Å². The molecule has 0 saturated carbocycles. The molecule has 0 amide bonds. The molecule has 1 N–H and O–H groups in total. The second kappa shape index (κ2) is 5.95.